The number of benzene rings is 2. The van der Waals surface area contributed by atoms with Crippen LogP contribution in [-0.4, -0.2) is 86.7 Å². The molecule has 0 aromatic heterocycles. The zero-order valence-corrected chi connectivity index (χ0v) is 21.2. The van der Waals surface area contributed by atoms with Crippen molar-refractivity contribution in [1.29, 1.82) is 0 Å². The van der Waals surface area contributed by atoms with E-state index in [1.807, 2.05) is 0 Å². The van der Waals surface area contributed by atoms with Gasteiger partial charge in [0, 0.05) is 29.2 Å². The quantitative estimate of drug-likeness (QED) is 0.251. The first-order valence-corrected chi connectivity index (χ1v) is 12.4. The van der Waals surface area contributed by atoms with E-state index in [0.717, 1.165) is 0 Å². The molecule has 0 saturated carbocycles. The zero-order valence-electron chi connectivity index (χ0n) is 21.2. The fourth-order valence-electron chi connectivity index (χ4n) is 5.80. The van der Waals surface area contributed by atoms with E-state index < -0.39 is 71.7 Å². The lowest BCUT2D eigenvalue weighted by Gasteiger charge is -2.44. The number of carbonyl (C=O) groups is 3. The molecule has 12 heteroatoms. The lowest BCUT2D eigenvalue weighted by molar-refractivity contribution is -0.265. The molecule has 1 aliphatic heterocycles. The molecule has 39 heavy (non-hydrogen) atoms. The van der Waals surface area contributed by atoms with Crippen LogP contribution in [0.25, 0.3) is 0 Å². The lowest BCUT2D eigenvalue weighted by atomic mass is 9.71. The minimum Gasteiger partial charge on any atom is -0.507 e. The van der Waals surface area contributed by atoms with Crippen molar-refractivity contribution < 1.29 is 54.1 Å². The molecule has 7 N–H and O–H groups in total. The van der Waals surface area contributed by atoms with E-state index >= 15 is 0 Å². The molecule has 1 saturated heterocycles. The molecule has 5 rings (SSSR count). The largest absolute Gasteiger partial charge is 0.507 e. The van der Waals surface area contributed by atoms with Crippen molar-refractivity contribution in [2.24, 2.45) is 5.73 Å². The van der Waals surface area contributed by atoms with E-state index in [1.54, 1.807) is 6.92 Å². The molecule has 1 fully saturated rings. The number of carbonyl (C=O) groups excluding carboxylic acids is 3. The summed E-state index contributed by atoms with van der Waals surface area (Å²) in [7, 11) is 1.20. The van der Waals surface area contributed by atoms with Gasteiger partial charge in [0.2, 0.25) is 5.78 Å². The molecule has 1 heterocycles. The Morgan fingerprint density at radius 2 is 1.90 bits per heavy atom. The first kappa shape index (κ1) is 27.2. The Kier molecular flexibility index (Phi) is 6.74. The second-order valence-corrected chi connectivity index (χ2v) is 10.1. The van der Waals surface area contributed by atoms with Gasteiger partial charge in [-0.15, -0.1) is 0 Å². The number of phenolic OH excluding ortho intramolecular Hbond substituents is 2. The first-order chi connectivity index (χ1) is 18.5. The Hall–Kier alpha value is -3.39. The Bertz CT molecular complexity index is 1380. The van der Waals surface area contributed by atoms with Crippen LogP contribution < -0.4 is 10.5 Å². The summed E-state index contributed by atoms with van der Waals surface area (Å²) in [6, 6.07) is 3.23. The summed E-state index contributed by atoms with van der Waals surface area (Å²) in [5.41, 5.74) is 2.61. The number of aliphatic hydroxyl groups is 3. The number of nitrogens with two attached hydrogens (primary N) is 1. The molecule has 0 bridgehead atoms. The fourth-order valence-corrected chi connectivity index (χ4v) is 5.80. The third-order valence-corrected chi connectivity index (χ3v) is 7.86. The maximum Gasteiger partial charge on any atom is 0.202 e. The van der Waals surface area contributed by atoms with Gasteiger partial charge in [-0.25, -0.2) is 0 Å². The van der Waals surface area contributed by atoms with Crippen LogP contribution >= 0.6 is 0 Å². The van der Waals surface area contributed by atoms with Crippen LogP contribution in [0.4, 0.5) is 0 Å². The summed E-state index contributed by atoms with van der Waals surface area (Å²) in [5, 5.41) is 53.2. The minimum atomic E-state index is -2.34. The minimum absolute atomic E-state index is 0.0291. The molecular weight excluding hydrogens is 514 g/mol. The van der Waals surface area contributed by atoms with Gasteiger partial charge in [0.25, 0.3) is 0 Å². The Labute approximate surface area is 222 Å². The van der Waals surface area contributed by atoms with Crippen LogP contribution in [0, 0.1) is 0 Å². The summed E-state index contributed by atoms with van der Waals surface area (Å²) < 4.78 is 17.4. The van der Waals surface area contributed by atoms with Crippen molar-refractivity contribution >= 4 is 17.3 Å². The highest BCUT2D eigenvalue weighted by Crippen LogP contribution is 2.53. The number of phenols is 2. The monoisotopic (exact) mass is 543 g/mol. The number of rotatable bonds is 5. The molecular formula is C27H29NO11. The standard InChI is InChI=1S/C27H29NO11/c1-10-21(32)13(28)8-16(38-10)39-26-18-12(6-7-27(26,36)15(31)9-29)23(34)19-20(25(18)37-2)24(35)17-11(22(19)33)4-3-5-14(17)30/h3-5,10,13,16,21,26,29-30,32,34,36H,6-9,28H2,1-2H3. The van der Waals surface area contributed by atoms with Gasteiger partial charge in [0.15, 0.2) is 23.5 Å². The first-order valence-electron chi connectivity index (χ1n) is 12.4. The number of hydrogen-bond acceptors (Lipinski definition) is 12. The van der Waals surface area contributed by atoms with E-state index in [4.69, 9.17) is 19.9 Å². The summed E-state index contributed by atoms with van der Waals surface area (Å²) >= 11 is 0. The fraction of sp³-hybridized carbons (Fsp3) is 0.444. The molecule has 208 valence electrons. The topological polar surface area (TPSA) is 206 Å². The summed E-state index contributed by atoms with van der Waals surface area (Å²) in [6.45, 7) is 0.528. The van der Waals surface area contributed by atoms with Crippen molar-refractivity contribution in [3.63, 3.8) is 0 Å². The van der Waals surface area contributed by atoms with Crippen LogP contribution in [0.3, 0.4) is 0 Å². The van der Waals surface area contributed by atoms with Crippen LogP contribution in [-0.2, 0) is 20.7 Å². The smallest absolute Gasteiger partial charge is 0.202 e. The van der Waals surface area contributed by atoms with Gasteiger partial charge in [-0.2, -0.15) is 0 Å². The van der Waals surface area contributed by atoms with E-state index in [2.05, 4.69) is 0 Å². The second-order valence-electron chi connectivity index (χ2n) is 10.1. The van der Waals surface area contributed by atoms with E-state index in [0.29, 0.717) is 0 Å². The van der Waals surface area contributed by atoms with Gasteiger partial charge in [-0.1, -0.05) is 12.1 Å². The van der Waals surface area contributed by atoms with Gasteiger partial charge < -0.3 is 45.5 Å². The van der Waals surface area contributed by atoms with Gasteiger partial charge in [0.05, 0.1) is 36.0 Å². The summed E-state index contributed by atoms with van der Waals surface area (Å²) in [5.74, 6) is -3.77. The molecule has 6 atom stereocenters. The van der Waals surface area contributed by atoms with Crippen molar-refractivity contribution in [3.05, 3.63) is 51.6 Å². The molecule has 0 spiro atoms. The van der Waals surface area contributed by atoms with Gasteiger partial charge >= 0.3 is 0 Å². The number of ketones is 3. The predicted octanol–water partition coefficient (Wildman–Crippen LogP) is 0.00130. The highest BCUT2D eigenvalue weighted by molar-refractivity contribution is 6.31. The van der Waals surface area contributed by atoms with Gasteiger partial charge in [-0.3, -0.25) is 14.4 Å². The third-order valence-electron chi connectivity index (χ3n) is 7.86. The van der Waals surface area contributed by atoms with E-state index in [-0.39, 0.29) is 58.4 Å². The van der Waals surface area contributed by atoms with Crippen molar-refractivity contribution in [2.75, 3.05) is 13.7 Å². The zero-order chi connectivity index (χ0) is 28.4. The maximum atomic E-state index is 13.7. The number of Topliss-reactive ketones (excluding diaryl/α,β-unsaturated/α-hetero) is 1. The number of hydrogen-bond donors (Lipinski definition) is 6. The van der Waals surface area contributed by atoms with Crippen molar-refractivity contribution in [2.45, 2.75) is 62.4 Å². The third kappa shape index (κ3) is 3.94. The number of aromatic hydroxyl groups is 2. The highest BCUT2D eigenvalue weighted by Gasteiger charge is 2.54. The Morgan fingerprint density at radius 1 is 1.18 bits per heavy atom. The van der Waals surface area contributed by atoms with Gasteiger partial charge in [-0.05, 0) is 25.8 Å². The highest BCUT2D eigenvalue weighted by atomic mass is 16.7. The molecule has 2 aromatic carbocycles. The molecule has 0 radical (unpaired) electrons. The summed E-state index contributed by atoms with van der Waals surface area (Å²) in [4.78, 5) is 40.0. The Morgan fingerprint density at radius 3 is 2.54 bits per heavy atom. The maximum absolute atomic E-state index is 13.7. The van der Waals surface area contributed by atoms with Gasteiger partial charge in [0.1, 0.15) is 30.0 Å². The van der Waals surface area contributed by atoms with Crippen LogP contribution in [0.5, 0.6) is 17.2 Å². The number of ether oxygens (including phenoxy) is 3. The second kappa shape index (κ2) is 9.66. The molecule has 2 aliphatic carbocycles. The average Bonchev–Trinajstić information content (AvgIpc) is 2.91. The predicted molar refractivity (Wildman–Crippen MR) is 132 cm³/mol. The molecule has 6 unspecified atom stereocenters. The number of aliphatic hydroxyl groups excluding tert-OH is 2. The normalized spacial score (nSPS) is 29.8. The SMILES string of the molecule is COc1c2c(c(O)c3c1C(OC1CC(N)C(O)C(C)O1)C(O)(C(=O)CO)CC3)C(=O)c1cccc(O)c1C2=O. The van der Waals surface area contributed by atoms with Crippen LogP contribution in [0.2, 0.25) is 0 Å². The molecule has 3 aliphatic rings. The molecule has 0 amide bonds. The lowest BCUT2D eigenvalue weighted by Crippen LogP contribution is -2.55. The Balaban J connectivity index is 1.74. The number of methoxy groups -OCH3 is 1. The van der Waals surface area contributed by atoms with Crippen LogP contribution in [0.15, 0.2) is 18.2 Å². The van der Waals surface area contributed by atoms with Crippen molar-refractivity contribution in [3.8, 4) is 17.2 Å². The average molecular weight is 544 g/mol. The molecule has 12 nitrogen and oxygen atoms in total. The van der Waals surface area contributed by atoms with E-state index in [1.165, 1.54) is 25.3 Å². The van der Waals surface area contributed by atoms with Crippen LogP contribution in [0.1, 0.15) is 68.8 Å². The summed E-state index contributed by atoms with van der Waals surface area (Å²) in [6.07, 6.45) is -5.02. The molecule has 2 aromatic rings. The van der Waals surface area contributed by atoms with Crippen molar-refractivity contribution in [1.82, 2.24) is 0 Å². The van der Waals surface area contributed by atoms with E-state index in [9.17, 15) is 39.9 Å². The number of fused-ring (bicyclic) bond motifs is 3.